The molecule has 1 aliphatic rings. The second-order valence-corrected chi connectivity index (χ2v) is 6.93. The molecule has 0 unspecified atom stereocenters. The van der Waals surface area contributed by atoms with Crippen molar-refractivity contribution >= 4 is 0 Å². The minimum absolute atomic E-state index is 0.0857. The number of rotatable bonds is 5. The van der Waals surface area contributed by atoms with Gasteiger partial charge in [-0.05, 0) is 44.1 Å². The van der Waals surface area contributed by atoms with Crippen LogP contribution in [0.4, 0.5) is 0 Å². The van der Waals surface area contributed by atoms with Crippen molar-refractivity contribution in [3.63, 3.8) is 0 Å². The van der Waals surface area contributed by atoms with E-state index in [9.17, 15) is 5.11 Å². The highest BCUT2D eigenvalue weighted by molar-refractivity contribution is 5.26. The molecule has 0 amide bonds. The van der Waals surface area contributed by atoms with Crippen LogP contribution in [-0.2, 0) is 12.0 Å². The summed E-state index contributed by atoms with van der Waals surface area (Å²) < 4.78 is 0. The number of benzene rings is 1. The first-order valence-electron chi connectivity index (χ1n) is 8.65. The average molecular weight is 325 g/mol. The van der Waals surface area contributed by atoms with E-state index in [0.29, 0.717) is 0 Å². The maximum atomic E-state index is 11.4. The summed E-state index contributed by atoms with van der Waals surface area (Å²) in [5.41, 5.74) is 1.51. The summed E-state index contributed by atoms with van der Waals surface area (Å²) in [6, 6.07) is 14.3. The van der Waals surface area contributed by atoms with Gasteiger partial charge < -0.3 is 14.9 Å². The Kier molecular flexibility index (Phi) is 5.29. The number of aromatic nitrogens is 1. The molecule has 2 heterocycles. The molecule has 128 valence electrons. The molecular weight excluding hydrogens is 298 g/mol. The quantitative estimate of drug-likeness (QED) is 0.914. The molecule has 0 saturated carbocycles. The van der Waals surface area contributed by atoms with Crippen LogP contribution in [0.25, 0.3) is 0 Å². The van der Waals surface area contributed by atoms with E-state index in [1.807, 2.05) is 48.8 Å². The van der Waals surface area contributed by atoms with Gasteiger partial charge in [-0.2, -0.15) is 0 Å². The van der Waals surface area contributed by atoms with Gasteiger partial charge in [-0.3, -0.25) is 4.98 Å². The van der Waals surface area contributed by atoms with Gasteiger partial charge in [0.05, 0.1) is 6.04 Å². The van der Waals surface area contributed by atoms with Crippen LogP contribution >= 0.6 is 0 Å². The first-order chi connectivity index (χ1) is 11.6. The van der Waals surface area contributed by atoms with Gasteiger partial charge in [0.1, 0.15) is 5.60 Å². The van der Waals surface area contributed by atoms with Crippen LogP contribution in [0, 0.1) is 0 Å². The minimum Gasteiger partial charge on any atom is -0.383 e. The van der Waals surface area contributed by atoms with Gasteiger partial charge in [-0.1, -0.05) is 36.4 Å². The Morgan fingerprint density at radius 1 is 1.21 bits per heavy atom. The van der Waals surface area contributed by atoms with E-state index in [1.165, 1.54) is 5.56 Å². The number of aliphatic hydroxyl groups is 1. The summed E-state index contributed by atoms with van der Waals surface area (Å²) >= 11 is 0. The number of hydrogen-bond donors (Lipinski definition) is 1. The van der Waals surface area contributed by atoms with Gasteiger partial charge in [0.2, 0.25) is 0 Å². The maximum absolute atomic E-state index is 11.4. The fourth-order valence-electron chi connectivity index (χ4n) is 3.67. The van der Waals surface area contributed by atoms with Crippen LogP contribution in [0.3, 0.4) is 0 Å². The molecule has 1 aliphatic heterocycles. The Bertz CT molecular complexity index is 632. The van der Waals surface area contributed by atoms with Gasteiger partial charge >= 0.3 is 0 Å². The van der Waals surface area contributed by atoms with Crippen LogP contribution in [0.15, 0.2) is 54.9 Å². The van der Waals surface area contributed by atoms with Crippen molar-refractivity contribution < 1.29 is 5.11 Å². The smallest absolute Gasteiger partial charge is 0.107 e. The third kappa shape index (κ3) is 3.66. The Hall–Kier alpha value is -1.75. The van der Waals surface area contributed by atoms with Crippen LogP contribution in [0.2, 0.25) is 0 Å². The summed E-state index contributed by atoms with van der Waals surface area (Å²) in [5.74, 6) is 0. The fourth-order valence-corrected chi connectivity index (χ4v) is 3.67. The molecule has 1 aromatic carbocycles. The van der Waals surface area contributed by atoms with Gasteiger partial charge in [0, 0.05) is 32.0 Å². The summed E-state index contributed by atoms with van der Waals surface area (Å²) in [4.78, 5) is 8.80. The predicted octanol–water partition coefficient (Wildman–Crippen LogP) is 2.15. The van der Waals surface area contributed by atoms with Crippen molar-refractivity contribution in [1.29, 1.82) is 0 Å². The molecule has 1 fully saturated rings. The SMILES string of the molecule is CN(C)[C@@H]1CN(CCc2cccnc2)CC[C@]1(O)c1ccccc1. The number of pyridine rings is 1. The molecule has 0 spiro atoms. The second kappa shape index (κ2) is 7.43. The molecule has 3 rings (SSSR count). The van der Waals surface area contributed by atoms with E-state index in [1.54, 1.807) is 0 Å². The normalized spacial score (nSPS) is 25.1. The van der Waals surface area contributed by atoms with Gasteiger partial charge in [0.25, 0.3) is 0 Å². The van der Waals surface area contributed by atoms with Crippen molar-refractivity contribution in [2.75, 3.05) is 33.7 Å². The summed E-state index contributed by atoms with van der Waals surface area (Å²) in [5, 5.41) is 11.4. The van der Waals surface area contributed by atoms with Crippen molar-refractivity contribution in [3.8, 4) is 0 Å². The molecule has 0 radical (unpaired) electrons. The lowest BCUT2D eigenvalue weighted by atomic mass is 9.80. The third-order valence-corrected chi connectivity index (χ3v) is 5.13. The van der Waals surface area contributed by atoms with Crippen LogP contribution in [-0.4, -0.2) is 59.7 Å². The monoisotopic (exact) mass is 325 g/mol. The van der Waals surface area contributed by atoms with Crippen molar-refractivity contribution in [2.24, 2.45) is 0 Å². The Morgan fingerprint density at radius 2 is 2.00 bits per heavy atom. The van der Waals surface area contributed by atoms with E-state index in [4.69, 9.17) is 0 Å². The number of likely N-dealkylation sites (tertiary alicyclic amines) is 1. The molecular formula is C20H27N3O. The molecule has 2 atom stereocenters. The molecule has 4 heteroatoms. The Balaban J connectivity index is 1.69. The molecule has 2 aromatic rings. The Labute approximate surface area is 144 Å². The predicted molar refractivity (Wildman–Crippen MR) is 96.8 cm³/mol. The van der Waals surface area contributed by atoms with Crippen LogP contribution < -0.4 is 0 Å². The zero-order valence-electron chi connectivity index (χ0n) is 14.6. The van der Waals surface area contributed by atoms with E-state index in [-0.39, 0.29) is 6.04 Å². The van der Waals surface area contributed by atoms with E-state index >= 15 is 0 Å². The van der Waals surface area contributed by atoms with Gasteiger partial charge in [-0.25, -0.2) is 0 Å². The number of hydrogen-bond acceptors (Lipinski definition) is 4. The average Bonchev–Trinajstić information content (AvgIpc) is 2.62. The lowest BCUT2D eigenvalue weighted by Crippen LogP contribution is -2.59. The summed E-state index contributed by atoms with van der Waals surface area (Å²) in [6.45, 7) is 2.79. The zero-order valence-corrected chi connectivity index (χ0v) is 14.6. The van der Waals surface area contributed by atoms with E-state index in [2.05, 4.69) is 34.9 Å². The minimum atomic E-state index is -0.782. The molecule has 1 saturated heterocycles. The van der Waals surface area contributed by atoms with Crippen molar-refractivity contribution in [1.82, 2.24) is 14.8 Å². The summed E-state index contributed by atoms with van der Waals surface area (Å²) in [6.07, 6.45) is 5.50. The summed E-state index contributed by atoms with van der Waals surface area (Å²) in [7, 11) is 4.12. The van der Waals surface area contributed by atoms with E-state index < -0.39 is 5.60 Å². The van der Waals surface area contributed by atoms with Crippen LogP contribution in [0.1, 0.15) is 17.5 Å². The lowest BCUT2D eigenvalue weighted by Gasteiger charge is -2.47. The second-order valence-electron chi connectivity index (χ2n) is 6.93. The molecule has 24 heavy (non-hydrogen) atoms. The number of piperidine rings is 1. The first kappa shape index (κ1) is 17.1. The highest BCUT2D eigenvalue weighted by Gasteiger charge is 2.43. The lowest BCUT2D eigenvalue weighted by molar-refractivity contribution is -0.0874. The molecule has 1 aromatic heterocycles. The highest BCUT2D eigenvalue weighted by Crippen LogP contribution is 2.35. The highest BCUT2D eigenvalue weighted by atomic mass is 16.3. The molecule has 0 bridgehead atoms. The van der Waals surface area contributed by atoms with Crippen LogP contribution in [0.5, 0.6) is 0 Å². The third-order valence-electron chi connectivity index (χ3n) is 5.13. The molecule has 4 nitrogen and oxygen atoms in total. The first-order valence-corrected chi connectivity index (χ1v) is 8.65. The number of likely N-dealkylation sites (N-methyl/N-ethyl adjacent to an activating group) is 1. The van der Waals surface area contributed by atoms with E-state index in [0.717, 1.165) is 38.0 Å². The number of nitrogens with zero attached hydrogens (tertiary/aromatic N) is 3. The van der Waals surface area contributed by atoms with Gasteiger partial charge in [-0.15, -0.1) is 0 Å². The van der Waals surface area contributed by atoms with Crippen molar-refractivity contribution in [2.45, 2.75) is 24.5 Å². The van der Waals surface area contributed by atoms with Gasteiger partial charge in [0.15, 0.2) is 0 Å². The maximum Gasteiger partial charge on any atom is 0.107 e. The molecule has 0 aliphatic carbocycles. The topological polar surface area (TPSA) is 39.6 Å². The largest absolute Gasteiger partial charge is 0.383 e. The molecule has 1 N–H and O–H groups in total. The Morgan fingerprint density at radius 3 is 2.67 bits per heavy atom. The zero-order chi connectivity index (χ0) is 17.0. The van der Waals surface area contributed by atoms with Crippen molar-refractivity contribution in [3.05, 3.63) is 66.0 Å². The fraction of sp³-hybridized carbons (Fsp3) is 0.450. The standard InChI is InChI=1S/C20H27N3O/c1-22(2)19-16-23(13-10-17-7-6-12-21-15-17)14-11-20(19,24)18-8-4-3-5-9-18/h3-9,12,15,19,24H,10-11,13-14,16H2,1-2H3/t19-,20+/m1/s1.